The van der Waals surface area contributed by atoms with Gasteiger partial charge in [-0.25, -0.2) is 0 Å². The van der Waals surface area contributed by atoms with Crippen LogP contribution in [0.25, 0.3) is 0 Å². The number of carboxylic acids is 1. The molecule has 0 fully saturated rings. The SMILES string of the molecule is CC1(C)Cc2cc(C(N)CC(C)(C)C(=O)O)ccc2O1. The summed E-state index contributed by atoms with van der Waals surface area (Å²) < 4.78 is 5.83. The van der Waals surface area contributed by atoms with E-state index in [1.807, 2.05) is 18.2 Å². The molecule has 0 amide bonds. The molecular weight excluding hydrogens is 254 g/mol. The minimum absolute atomic E-state index is 0.175. The molecule has 0 radical (unpaired) electrons. The van der Waals surface area contributed by atoms with Crippen LogP contribution < -0.4 is 10.5 Å². The van der Waals surface area contributed by atoms with Gasteiger partial charge in [-0.1, -0.05) is 12.1 Å². The topological polar surface area (TPSA) is 72.6 Å². The van der Waals surface area contributed by atoms with E-state index in [9.17, 15) is 9.90 Å². The summed E-state index contributed by atoms with van der Waals surface area (Å²) in [5.74, 6) is 0.0852. The Morgan fingerprint density at radius 1 is 1.50 bits per heavy atom. The van der Waals surface area contributed by atoms with Gasteiger partial charge in [0.2, 0.25) is 0 Å². The number of ether oxygens (including phenoxy) is 1. The highest BCUT2D eigenvalue weighted by atomic mass is 16.5. The molecule has 1 aromatic rings. The van der Waals surface area contributed by atoms with Gasteiger partial charge in [0.1, 0.15) is 11.4 Å². The molecule has 1 unspecified atom stereocenters. The zero-order chi connectivity index (χ0) is 15.1. The van der Waals surface area contributed by atoms with E-state index in [-0.39, 0.29) is 11.6 Å². The lowest BCUT2D eigenvalue weighted by Crippen LogP contribution is -2.28. The molecule has 4 nitrogen and oxygen atoms in total. The molecular formula is C16H23NO3. The van der Waals surface area contributed by atoms with E-state index in [4.69, 9.17) is 10.5 Å². The Balaban J connectivity index is 2.18. The Bertz CT molecular complexity index is 535. The van der Waals surface area contributed by atoms with Gasteiger partial charge in [-0.05, 0) is 51.3 Å². The fourth-order valence-electron chi connectivity index (χ4n) is 2.62. The zero-order valence-corrected chi connectivity index (χ0v) is 12.6. The smallest absolute Gasteiger partial charge is 0.309 e. The van der Waals surface area contributed by atoms with Gasteiger partial charge in [0.25, 0.3) is 0 Å². The number of fused-ring (bicyclic) bond motifs is 1. The number of benzene rings is 1. The second-order valence-electron chi connectivity index (χ2n) is 6.91. The molecule has 0 bridgehead atoms. The van der Waals surface area contributed by atoms with Gasteiger partial charge in [-0.2, -0.15) is 0 Å². The summed E-state index contributed by atoms with van der Waals surface area (Å²) in [4.78, 5) is 11.2. The van der Waals surface area contributed by atoms with Gasteiger partial charge in [0, 0.05) is 12.5 Å². The van der Waals surface area contributed by atoms with Gasteiger partial charge >= 0.3 is 5.97 Å². The Labute approximate surface area is 119 Å². The van der Waals surface area contributed by atoms with Gasteiger partial charge in [0.15, 0.2) is 0 Å². The average molecular weight is 277 g/mol. The van der Waals surface area contributed by atoms with Crippen molar-refractivity contribution in [2.75, 3.05) is 0 Å². The predicted molar refractivity (Wildman–Crippen MR) is 77.8 cm³/mol. The van der Waals surface area contributed by atoms with Crippen LogP contribution in [0.1, 0.15) is 51.3 Å². The number of carbonyl (C=O) groups is 1. The summed E-state index contributed by atoms with van der Waals surface area (Å²) in [5, 5.41) is 9.18. The molecule has 0 aromatic heterocycles. The number of aliphatic carboxylic acids is 1. The van der Waals surface area contributed by atoms with Crippen LogP contribution in [0.3, 0.4) is 0 Å². The Morgan fingerprint density at radius 3 is 2.75 bits per heavy atom. The van der Waals surface area contributed by atoms with E-state index >= 15 is 0 Å². The van der Waals surface area contributed by atoms with E-state index in [0.717, 1.165) is 23.3 Å². The van der Waals surface area contributed by atoms with Crippen molar-refractivity contribution in [2.24, 2.45) is 11.1 Å². The number of rotatable bonds is 4. The lowest BCUT2D eigenvalue weighted by Gasteiger charge is -2.23. The van der Waals surface area contributed by atoms with Crippen LogP contribution in [-0.2, 0) is 11.2 Å². The summed E-state index contributed by atoms with van der Waals surface area (Å²) in [7, 11) is 0. The number of hydrogen-bond donors (Lipinski definition) is 2. The van der Waals surface area contributed by atoms with E-state index in [1.54, 1.807) is 13.8 Å². The third kappa shape index (κ3) is 2.96. The molecule has 0 aliphatic carbocycles. The lowest BCUT2D eigenvalue weighted by molar-refractivity contribution is -0.147. The van der Waals surface area contributed by atoms with Crippen LogP contribution in [0, 0.1) is 5.41 Å². The highest BCUT2D eigenvalue weighted by Gasteiger charge is 2.32. The van der Waals surface area contributed by atoms with Crippen molar-refractivity contribution in [3.05, 3.63) is 29.3 Å². The molecule has 2 rings (SSSR count). The van der Waals surface area contributed by atoms with Crippen LogP contribution >= 0.6 is 0 Å². The molecule has 0 saturated carbocycles. The normalized spacial score (nSPS) is 18.2. The molecule has 3 N–H and O–H groups in total. The Morgan fingerprint density at radius 2 is 2.15 bits per heavy atom. The molecule has 0 saturated heterocycles. The minimum atomic E-state index is -0.825. The number of carboxylic acid groups (broad SMARTS) is 1. The van der Waals surface area contributed by atoms with Gasteiger partial charge < -0.3 is 15.6 Å². The lowest BCUT2D eigenvalue weighted by atomic mass is 9.83. The zero-order valence-electron chi connectivity index (χ0n) is 12.6. The first-order valence-corrected chi connectivity index (χ1v) is 6.91. The van der Waals surface area contributed by atoms with Gasteiger partial charge in [-0.15, -0.1) is 0 Å². The summed E-state index contributed by atoms with van der Waals surface area (Å²) in [5.41, 5.74) is 7.30. The standard InChI is InChI=1S/C16H23NO3/c1-15(2,14(18)19)9-12(17)10-5-6-13-11(7-10)8-16(3,4)20-13/h5-7,12H,8-9,17H2,1-4H3,(H,18,19). The van der Waals surface area contributed by atoms with Crippen molar-refractivity contribution in [1.82, 2.24) is 0 Å². The molecule has 1 heterocycles. The van der Waals surface area contributed by atoms with Crippen molar-refractivity contribution in [3.63, 3.8) is 0 Å². The Hall–Kier alpha value is -1.55. The van der Waals surface area contributed by atoms with Crippen molar-refractivity contribution in [3.8, 4) is 5.75 Å². The fourth-order valence-corrected chi connectivity index (χ4v) is 2.62. The van der Waals surface area contributed by atoms with Crippen LogP contribution in [0.4, 0.5) is 0 Å². The van der Waals surface area contributed by atoms with E-state index in [2.05, 4.69) is 13.8 Å². The summed E-state index contributed by atoms with van der Waals surface area (Å²) in [6.07, 6.45) is 1.26. The Kier molecular flexibility index (Phi) is 3.54. The van der Waals surface area contributed by atoms with Crippen molar-refractivity contribution < 1.29 is 14.6 Å². The molecule has 1 aliphatic heterocycles. The third-order valence-electron chi connectivity index (χ3n) is 3.82. The van der Waals surface area contributed by atoms with Crippen LogP contribution in [0.5, 0.6) is 5.75 Å². The number of nitrogens with two attached hydrogens (primary N) is 1. The molecule has 20 heavy (non-hydrogen) atoms. The fraction of sp³-hybridized carbons (Fsp3) is 0.562. The maximum atomic E-state index is 11.2. The highest BCUT2D eigenvalue weighted by molar-refractivity contribution is 5.73. The highest BCUT2D eigenvalue weighted by Crippen LogP contribution is 2.37. The van der Waals surface area contributed by atoms with Crippen molar-refractivity contribution >= 4 is 5.97 Å². The predicted octanol–water partition coefficient (Wildman–Crippen LogP) is 2.90. The first-order chi connectivity index (χ1) is 9.11. The molecule has 1 aromatic carbocycles. The monoisotopic (exact) mass is 277 g/mol. The second kappa shape index (κ2) is 4.77. The second-order valence-corrected chi connectivity index (χ2v) is 6.91. The summed E-state index contributed by atoms with van der Waals surface area (Å²) in [6.45, 7) is 7.52. The molecule has 110 valence electrons. The maximum absolute atomic E-state index is 11.2. The largest absolute Gasteiger partial charge is 0.487 e. The molecule has 1 atom stereocenters. The molecule has 4 heteroatoms. The first kappa shape index (κ1) is 14.9. The van der Waals surface area contributed by atoms with E-state index in [1.165, 1.54) is 0 Å². The molecule has 0 spiro atoms. The van der Waals surface area contributed by atoms with Crippen LogP contribution in [0.2, 0.25) is 0 Å². The van der Waals surface area contributed by atoms with Crippen LogP contribution in [-0.4, -0.2) is 16.7 Å². The van der Waals surface area contributed by atoms with E-state index < -0.39 is 11.4 Å². The minimum Gasteiger partial charge on any atom is -0.487 e. The van der Waals surface area contributed by atoms with Gasteiger partial charge in [0.05, 0.1) is 5.41 Å². The third-order valence-corrected chi connectivity index (χ3v) is 3.82. The maximum Gasteiger partial charge on any atom is 0.309 e. The first-order valence-electron chi connectivity index (χ1n) is 6.91. The van der Waals surface area contributed by atoms with Gasteiger partial charge in [-0.3, -0.25) is 4.79 Å². The van der Waals surface area contributed by atoms with Crippen molar-refractivity contribution in [2.45, 2.75) is 52.2 Å². The van der Waals surface area contributed by atoms with E-state index in [0.29, 0.717) is 6.42 Å². The summed E-state index contributed by atoms with van der Waals surface area (Å²) >= 11 is 0. The average Bonchev–Trinajstić information content (AvgIpc) is 2.60. The summed E-state index contributed by atoms with van der Waals surface area (Å²) in [6, 6.07) is 5.64. The number of hydrogen-bond acceptors (Lipinski definition) is 3. The quantitative estimate of drug-likeness (QED) is 0.887. The van der Waals surface area contributed by atoms with Crippen molar-refractivity contribution in [1.29, 1.82) is 0 Å². The van der Waals surface area contributed by atoms with Crippen LogP contribution in [0.15, 0.2) is 18.2 Å². The molecule has 1 aliphatic rings.